The van der Waals surface area contributed by atoms with Gasteiger partial charge in [0.1, 0.15) is 0 Å². The molecule has 2 nitrogen and oxygen atoms in total. The summed E-state index contributed by atoms with van der Waals surface area (Å²) in [6, 6.07) is 18.3. The zero-order valence-corrected chi connectivity index (χ0v) is 27.6. The lowest BCUT2D eigenvalue weighted by Crippen LogP contribution is -2.35. The summed E-state index contributed by atoms with van der Waals surface area (Å²) < 4.78 is 0. The Morgan fingerprint density at radius 3 is 2.16 bits per heavy atom. The molecule has 2 aromatic carbocycles. The maximum absolute atomic E-state index is 2.56. The fourth-order valence-corrected chi connectivity index (χ4v) is 7.59. The van der Waals surface area contributed by atoms with Gasteiger partial charge in [-0.2, -0.15) is 0 Å². The van der Waals surface area contributed by atoms with Crippen LogP contribution < -0.4 is 9.80 Å². The van der Waals surface area contributed by atoms with Crippen molar-refractivity contribution in [3.05, 3.63) is 143 Å². The molecule has 5 unspecified atom stereocenters. The van der Waals surface area contributed by atoms with Gasteiger partial charge in [0.25, 0.3) is 0 Å². The highest BCUT2D eigenvalue weighted by Gasteiger charge is 2.30. The second kappa shape index (κ2) is 13.1. The Balaban J connectivity index is 1.27. The lowest BCUT2D eigenvalue weighted by atomic mass is 9.78. The molecule has 0 saturated carbocycles. The first kappa shape index (κ1) is 30.3. The highest BCUT2D eigenvalue weighted by atomic mass is 15.2. The van der Waals surface area contributed by atoms with E-state index in [0.717, 1.165) is 19.3 Å². The molecule has 0 heterocycles. The van der Waals surface area contributed by atoms with E-state index in [1.807, 2.05) is 0 Å². The Labute approximate surface area is 266 Å². The van der Waals surface area contributed by atoms with Crippen LogP contribution in [0.15, 0.2) is 131 Å². The molecule has 4 aliphatic rings. The highest BCUT2D eigenvalue weighted by Crippen LogP contribution is 2.40. The predicted octanol–water partition coefficient (Wildman–Crippen LogP) is 11.2. The van der Waals surface area contributed by atoms with E-state index >= 15 is 0 Å². The van der Waals surface area contributed by atoms with E-state index < -0.39 is 0 Å². The number of nitrogens with zero attached hydrogens (tertiary/aromatic N) is 2. The Morgan fingerprint density at radius 2 is 1.48 bits per heavy atom. The zero-order chi connectivity index (χ0) is 30.8. The van der Waals surface area contributed by atoms with Crippen LogP contribution >= 0.6 is 0 Å². The largest absolute Gasteiger partial charge is 0.334 e. The van der Waals surface area contributed by atoms with E-state index in [1.54, 1.807) is 0 Å². The van der Waals surface area contributed by atoms with Crippen LogP contribution in [0, 0.1) is 37.5 Å². The van der Waals surface area contributed by atoms with Crippen molar-refractivity contribution in [3.63, 3.8) is 0 Å². The Bertz CT molecular complexity index is 1590. The maximum Gasteiger partial charge on any atom is 0.0562 e. The highest BCUT2D eigenvalue weighted by molar-refractivity contribution is 5.63. The maximum atomic E-state index is 2.56. The minimum atomic E-state index is 0.299. The fraction of sp³-hybridized carbons (Fsp3) is 0.381. The fourth-order valence-electron chi connectivity index (χ4n) is 7.59. The van der Waals surface area contributed by atoms with E-state index in [0.29, 0.717) is 29.7 Å². The molecule has 0 spiro atoms. The van der Waals surface area contributed by atoms with Crippen LogP contribution in [0.25, 0.3) is 0 Å². The van der Waals surface area contributed by atoms with Gasteiger partial charge in [0.15, 0.2) is 0 Å². The van der Waals surface area contributed by atoms with Gasteiger partial charge in [0.05, 0.1) is 6.04 Å². The predicted molar refractivity (Wildman–Crippen MR) is 190 cm³/mol. The standard InChI is InChI=1S/C42H50N2/c1-29-11-7-15-35(23-29)43(36-16-8-12-30(2)24-36)39-19-21-41(33(5)27-39)42-22-20-40(28-34(42)6)44(37-17-9-13-31(3)25-37)38-18-10-14-32(4)26-38/h7-9,11,13,15-17,19-26,28,30,32,34,39,42H,10,12,14,18,27H2,1-6H3. The van der Waals surface area contributed by atoms with Crippen molar-refractivity contribution in [2.75, 3.05) is 9.80 Å². The van der Waals surface area contributed by atoms with Crippen LogP contribution in [0.4, 0.5) is 11.4 Å². The van der Waals surface area contributed by atoms with Crippen molar-refractivity contribution in [1.29, 1.82) is 0 Å². The number of hydrogen-bond acceptors (Lipinski definition) is 2. The molecule has 5 atom stereocenters. The van der Waals surface area contributed by atoms with Gasteiger partial charge in [-0.25, -0.2) is 0 Å². The topological polar surface area (TPSA) is 6.48 Å². The van der Waals surface area contributed by atoms with Gasteiger partial charge in [-0.3, -0.25) is 0 Å². The molecule has 228 valence electrons. The summed E-state index contributed by atoms with van der Waals surface area (Å²) in [5.74, 6) is 1.98. The number of anilines is 2. The average molecular weight is 583 g/mol. The minimum absolute atomic E-state index is 0.299. The number of rotatable bonds is 7. The van der Waals surface area contributed by atoms with Crippen LogP contribution in [-0.4, -0.2) is 6.04 Å². The van der Waals surface area contributed by atoms with E-state index in [2.05, 4.69) is 155 Å². The van der Waals surface area contributed by atoms with Crippen LogP contribution in [-0.2, 0) is 0 Å². The summed E-state index contributed by atoms with van der Waals surface area (Å²) in [5.41, 5.74) is 12.2. The molecule has 0 aromatic heterocycles. The van der Waals surface area contributed by atoms with Gasteiger partial charge in [0, 0.05) is 34.4 Å². The minimum Gasteiger partial charge on any atom is -0.334 e. The second-order valence-electron chi connectivity index (χ2n) is 13.8. The SMILES string of the molecule is CC1=C(C2C=CC(N(C3=CC(C)CCC3)c3cccc(C)c3)=CC2C)C=CC(N(C2=CC(C)CC=C2)c2cccc(C)c2)C1. The normalized spacial score (nSPS) is 26.7. The first-order chi connectivity index (χ1) is 21.3. The number of aryl methyl sites for hydroxylation is 2. The van der Waals surface area contributed by atoms with Gasteiger partial charge >= 0.3 is 0 Å². The number of allylic oxidation sites excluding steroid dienone is 10. The molecule has 0 saturated heterocycles. The molecule has 0 N–H and O–H groups in total. The van der Waals surface area contributed by atoms with Crippen LogP contribution in [0.5, 0.6) is 0 Å². The van der Waals surface area contributed by atoms with Crippen LogP contribution in [0.2, 0.25) is 0 Å². The summed E-state index contributed by atoms with van der Waals surface area (Å²) in [6.07, 6.45) is 27.7. The zero-order valence-electron chi connectivity index (χ0n) is 27.6. The van der Waals surface area contributed by atoms with Gasteiger partial charge in [-0.15, -0.1) is 0 Å². The number of benzene rings is 2. The van der Waals surface area contributed by atoms with Crippen molar-refractivity contribution in [2.45, 2.75) is 79.7 Å². The Morgan fingerprint density at radius 1 is 0.727 bits per heavy atom. The van der Waals surface area contributed by atoms with Crippen molar-refractivity contribution >= 4 is 11.4 Å². The van der Waals surface area contributed by atoms with E-state index in [1.165, 1.54) is 63.6 Å². The summed E-state index contributed by atoms with van der Waals surface area (Å²) in [4.78, 5) is 5.10. The molecule has 0 amide bonds. The molecule has 2 heteroatoms. The first-order valence-electron chi connectivity index (χ1n) is 16.9. The smallest absolute Gasteiger partial charge is 0.0562 e. The van der Waals surface area contributed by atoms with E-state index in [9.17, 15) is 0 Å². The first-order valence-corrected chi connectivity index (χ1v) is 16.9. The lowest BCUT2D eigenvalue weighted by Gasteiger charge is -2.38. The summed E-state index contributed by atoms with van der Waals surface area (Å²) in [6.45, 7) is 13.8. The van der Waals surface area contributed by atoms with Gasteiger partial charge in [-0.05, 0) is 124 Å². The van der Waals surface area contributed by atoms with Crippen molar-refractivity contribution in [2.24, 2.45) is 23.7 Å². The molecule has 0 aliphatic heterocycles. The second-order valence-corrected chi connectivity index (χ2v) is 13.8. The average Bonchev–Trinajstić information content (AvgIpc) is 2.98. The molecule has 6 rings (SSSR count). The monoisotopic (exact) mass is 582 g/mol. The van der Waals surface area contributed by atoms with Crippen LogP contribution in [0.3, 0.4) is 0 Å². The Kier molecular flexibility index (Phi) is 8.98. The summed E-state index contributed by atoms with van der Waals surface area (Å²) in [7, 11) is 0. The third kappa shape index (κ3) is 6.50. The quantitative estimate of drug-likeness (QED) is 0.320. The molecule has 0 radical (unpaired) electrons. The number of hydrogen-bond donors (Lipinski definition) is 0. The van der Waals surface area contributed by atoms with Crippen molar-refractivity contribution in [1.82, 2.24) is 0 Å². The molecule has 44 heavy (non-hydrogen) atoms. The molecule has 0 fully saturated rings. The molecule has 2 aromatic rings. The summed E-state index contributed by atoms with van der Waals surface area (Å²) >= 11 is 0. The van der Waals surface area contributed by atoms with Gasteiger partial charge in [-0.1, -0.05) is 93.1 Å². The molecular formula is C42H50N2. The van der Waals surface area contributed by atoms with Crippen molar-refractivity contribution < 1.29 is 0 Å². The summed E-state index contributed by atoms with van der Waals surface area (Å²) in [5, 5.41) is 0. The van der Waals surface area contributed by atoms with Crippen LogP contribution in [0.1, 0.15) is 70.9 Å². The molecule has 4 aliphatic carbocycles. The Hall–Kier alpha value is -3.78. The molecule has 0 bridgehead atoms. The molecular weight excluding hydrogens is 532 g/mol. The van der Waals surface area contributed by atoms with Crippen molar-refractivity contribution in [3.8, 4) is 0 Å². The van der Waals surface area contributed by atoms with Gasteiger partial charge in [0.2, 0.25) is 0 Å². The van der Waals surface area contributed by atoms with E-state index in [-0.39, 0.29) is 0 Å². The van der Waals surface area contributed by atoms with Gasteiger partial charge < -0.3 is 9.80 Å². The van der Waals surface area contributed by atoms with E-state index in [4.69, 9.17) is 0 Å². The lowest BCUT2D eigenvalue weighted by molar-refractivity contribution is 0.553. The third-order valence-corrected chi connectivity index (χ3v) is 9.86. The third-order valence-electron chi connectivity index (χ3n) is 9.86.